The van der Waals surface area contributed by atoms with E-state index in [2.05, 4.69) is 43.1 Å². The molecule has 1 spiro atoms. The summed E-state index contributed by atoms with van der Waals surface area (Å²) in [5.41, 5.74) is 0.507. The molecule has 2 aromatic rings. The third-order valence-corrected chi connectivity index (χ3v) is 6.95. The second kappa shape index (κ2) is 11.9. The van der Waals surface area contributed by atoms with Gasteiger partial charge in [-0.3, -0.25) is 14.5 Å². The van der Waals surface area contributed by atoms with Crippen molar-refractivity contribution in [1.82, 2.24) is 15.1 Å². The fraction of sp³-hybridized carbons (Fsp3) is 0.500. The Labute approximate surface area is 215 Å². The van der Waals surface area contributed by atoms with Crippen molar-refractivity contribution in [2.24, 2.45) is 5.92 Å². The van der Waals surface area contributed by atoms with Crippen molar-refractivity contribution >= 4 is 24.2 Å². The Morgan fingerprint density at radius 2 is 1.63 bits per heavy atom. The molecule has 7 heteroatoms. The minimum atomic E-state index is -0.704. The molecule has 0 radical (unpaired) electrons. The molecule has 2 saturated heterocycles. The number of carbonyl (C=O) groups is 2. The van der Waals surface area contributed by atoms with Gasteiger partial charge in [0.05, 0.1) is 0 Å². The number of hydrogen-bond acceptors (Lipinski definition) is 4. The SMILES string of the molecule is CCCN1C(=O)[C@H](CC(C)C)NC(=O)C12CCN(Cc1ccc(Oc3ccccc3)cc1)CC2.Cl. The molecule has 2 heterocycles. The molecule has 2 aliphatic heterocycles. The molecule has 0 aliphatic carbocycles. The van der Waals surface area contributed by atoms with E-state index in [9.17, 15) is 9.59 Å². The van der Waals surface area contributed by atoms with Gasteiger partial charge in [-0.1, -0.05) is 51.1 Å². The van der Waals surface area contributed by atoms with Crippen LogP contribution in [0.3, 0.4) is 0 Å². The van der Waals surface area contributed by atoms with E-state index in [1.54, 1.807) is 0 Å². The highest BCUT2D eigenvalue weighted by atomic mass is 35.5. The Kier molecular flexibility index (Phi) is 9.20. The van der Waals surface area contributed by atoms with E-state index >= 15 is 0 Å². The Morgan fingerprint density at radius 1 is 1.00 bits per heavy atom. The predicted molar refractivity (Wildman–Crippen MR) is 141 cm³/mol. The van der Waals surface area contributed by atoms with Gasteiger partial charge in [-0.25, -0.2) is 0 Å². The van der Waals surface area contributed by atoms with Crippen molar-refractivity contribution in [2.45, 2.75) is 64.6 Å². The van der Waals surface area contributed by atoms with Crippen molar-refractivity contribution in [2.75, 3.05) is 19.6 Å². The number of benzene rings is 2. The van der Waals surface area contributed by atoms with E-state index in [1.807, 2.05) is 47.4 Å². The summed E-state index contributed by atoms with van der Waals surface area (Å²) in [5.74, 6) is 2.13. The number of piperidine rings is 1. The zero-order valence-electron chi connectivity index (χ0n) is 21.0. The number of carbonyl (C=O) groups excluding carboxylic acids is 2. The monoisotopic (exact) mass is 499 g/mol. The molecule has 190 valence electrons. The molecule has 2 aliphatic rings. The van der Waals surface area contributed by atoms with Crippen LogP contribution in [0.5, 0.6) is 11.5 Å². The molecular weight excluding hydrogens is 462 g/mol. The van der Waals surface area contributed by atoms with E-state index in [4.69, 9.17) is 4.74 Å². The number of hydrogen-bond donors (Lipinski definition) is 1. The van der Waals surface area contributed by atoms with Crippen LogP contribution in [0.15, 0.2) is 54.6 Å². The third kappa shape index (κ3) is 6.17. The van der Waals surface area contributed by atoms with E-state index in [-0.39, 0.29) is 30.3 Å². The molecule has 2 fully saturated rings. The summed E-state index contributed by atoms with van der Waals surface area (Å²) in [6.07, 6.45) is 2.90. The molecular formula is C28H38ClN3O3. The largest absolute Gasteiger partial charge is 0.457 e. The van der Waals surface area contributed by atoms with Crippen LogP contribution in [-0.2, 0) is 16.1 Å². The topological polar surface area (TPSA) is 61.9 Å². The molecule has 1 atom stereocenters. The van der Waals surface area contributed by atoms with E-state index < -0.39 is 5.54 Å². The molecule has 4 rings (SSSR count). The molecule has 2 aromatic carbocycles. The van der Waals surface area contributed by atoms with E-state index in [0.717, 1.165) is 37.6 Å². The van der Waals surface area contributed by atoms with Crippen LogP contribution >= 0.6 is 12.4 Å². The van der Waals surface area contributed by atoms with Gasteiger partial charge in [0.25, 0.3) is 0 Å². The first kappa shape index (κ1) is 27.0. The zero-order chi connectivity index (χ0) is 24.1. The second-order valence-corrected chi connectivity index (χ2v) is 10.0. The lowest BCUT2D eigenvalue weighted by Crippen LogP contribution is -2.73. The summed E-state index contributed by atoms with van der Waals surface area (Å²) in [6, 6.07) is 17.6. The highest BCUT2D eigenvalue weighted by molar-refractivity contribution is 6.00. The van der Waals surface area contributed by atoms with Crippen LogP contribution in [-0.4, -0.2) is 52.8 Å². The Morgan fingerprint density at radius 3 is 2.23 bits per heavy atom. The standard InChI is InChI=1S/C28H37N3O3.ClH/c1-4-16-31-26(32)25(19-21(2)3)29-27(33)28(31)14-17-30(18-15-28)20-22-10-12-24(13-11-22)34-23-8-6-5-7-9-23;/h5-13,21,25H,4,14-20H2,1-3H3,(H,29,33);1H/t25-;/m0./s1. The fourth-order valence-corrected chi connectivity index (χ4v) is 5.18. The maximum Gasteiger partial charge on any atom is 0.246 e. The second-order valence-electron chi connectivity index (χ2n) is 10.0. The molecule has 0 aromatic heterocycles. The molecule has 2 amide bonds. The van der Waals surface area contributed by atoms with Crippen LogP contribution in [0.25, 0.3) is 0 Å². The Bertz CT molecular complexity index is 973. The van der Waals surface area contributed by atoms with Crippen molar-refractivity contribution in [1.29, 1.82) is 0 Å². The average molecular weight is 500 g/mol. The number of likely N-dealkylation sites (tertiary alicyclic amines) is 1. The maximum atomic E-state index is 13.3. The zero-order valence-corrected chi connectivity index (χ0v) is 21.9. The van der Waals surface area contributed by atoms with Crippen molar-refractivity contribution in [3.05, 3.63) is 60.2 Å². The summed E-state index contributed by atoms with van der Waals surface area (Å²) in [4.78, 5) is 30.9. The van der Waals surface area contributed by atoms with Gasteiger partial charge in [-0.2, -0.15) is 0 Å². The van der Waals surface area contributed by atoms with Crippen LogP contribution in [0.1, 0.15) is 52.0 Å². The lowest BCUT2D eigenvalue weighted by Gasteiger charge is -2.52. The van der Waals surface area contributed by atoms with Gasteiger partial charge in [-0.05, 0) is 61.4 Å². The number of ether oxygens (including phenoxy) is 1. The van der Waals surface area contributed by atoms with Crippen molar-refractivity contribution in [3.8, 4) is 11.5 Å². The average Bonchev–Trinajstić information content (AvgIpc) is 2.83. The summed E-state index contributed by atoms with van der Waals surface area (Å²) >= 11 is 0. The number of para-hydroxylation sites is 1. The van der Waals surface area contributed by atoms with Gasteiger partial charge in [-0.15, -0.1) is 12.4 Å². The van der Waals surface area contributed by atoms with E-state index in [0.29, 0.717) is 31.7 Å². The number of amides is 2. The molecule has 1 N–H and O–H groups in total. The number of piperazine rings is 1. The molecule has 0 unspecified atom stereocenters. The maximum absolute atomic E-state index is 13.3. The number of rotatable bonds is 8. The highest BCUT2D eigenvalue weighted by Gasteiger charge is 2.53. The first-order valence-corrected chi connectivity index (χ1v) is 12.6. The molecule has 0 saturated carbocycles. The van der Waals surface area contributed by atoms with Crippen LogP contribution < -0.4 is 10.1 Å². The Hall–Kier alpha value is -2.57. The number of halogens is 1. The predicted octanol–water partition coefficient (Wildman–Crippen LogP) is 5.02. The number of nitrogens with one attached hydrogen (secondary N) is 1. The van der Waals surface area contributed by atoms with Gasteiger partial charge >= 0.3 is 0 Å². The van der Waals surface area contributed by atoms with Crippen molar-refractivity contribution in [3.63, 3.8) is 0 Å². The highest BCUT2D eigenvalue weighted by Crippen LogP contribution is 2.34. The van der Waals surface area contributed by atoms with Crippen LogP contribution in [0.2, 0.25) is 0 Å². The molecule has 35 heavy (non-hydrogen) atoms. The van der Waals surface area contributed by atoms with Gasteiger partial charge in [0.1, 0.15) is 23.1 Å². The first-order chi connectivity index (χ1) is 16.4. The van der Waals surface area contributed by atoms with E-state index in [1.165, 1.54) is 5.56 Å². The van der Waals surface area contributed by atoms with Gasteiger partial charge < -0.3 is 15.0 Å². The van der Waals surface area contributed by atoms with Gasteiger partial charge in [0.2, 0.25) is 11.8 Å². The lowest BCUT2D eigenvalue weighted by molar-refractivity contribution is -0.161. The fourth-order valence-electron chi connectivity index (χ4n) is 5.18. The summed E-state index contributed by atoms with van der Waals surface area (Å²) in [6.45, 7) is 9.30. The van der Waals surface area contributed by atoms with Crippen molar-refractivity contribution < 1.29 is 14.3 Å². The van der Waals surface area contributed by atoms with Gasteiger partial charge in [0, 0.05) is 26.2 Å². The number of nitrogens with zero attached hydrogens (tertiary/aromatic N) is 2. The minimum Gasteiger partial charge on any atom is -0.457 e. The summed E-state index contributed by atoms with van der Waals surface area (Å²) < 4.78 is 5.89. The molecule has 6 nitrogen and oxygen atoms in total. The molecule has 0 bridgehead atoms. The summed E-state index contributed by atoms with van der Waals surface area (Å²) in [7, 11) is 0. The lowest BCUT2D eigenvalue weighted by atomic mass is 9.80. The smallest absolute Gasteiger partial charge is 0.246 e. The normalized spacial score (nSPS) is 20.0. The third-order valence-electron chi connectivity index (χ3n) is 6.95. The summed E-state index contributed by atoms with van der Waals surface area (Å²) in [5, 5.41) is 3.07. The van der Waals surface area contributed by atoms with Crippen LogP contribution in [0.4, 0.5) is 0 Å². The van der Waals surface area contributed by atoms with Gasteiger partial charge in [0.15, 0.2) is 0 Å². The quantitative estimate of drug-likeness (QED) is 0.554. The van der Waals surface area contributed by atoms with Crippen LogP contribution in [0, 0.1) is 5.92 Å². The Balaban J connectivity index is 0.00000342. The first-order valence-electron chi connectivity index (χ1n) is 12.6. The minimum absolute atomic E-state index is 0.